The third-order valence-corrected chi connectivity index (χ3v) is 25.1. The zero-order chi connectivity index (χ0) is 98.3. The van der Waals surface area contributed by atoms with E-state index in [0.29, 0.717) is 88.8 Å². The standard InChI is InChI=1S/C20H32O5.C19H33N3O5.C18H33N3O5.C13H28N2O4S.C12H28N2O5S2.C10H22O.CH4/c1-4-16-17(21)18(22)19(23)20(25-16)24-15-11-9-14(10-12-15)8-6-5-7-13(2)3;1-12(2)8-6-4-5-7-9-14-10-20-21-22(14)11-15-16(24)17(25)18(26)19(27-15)13(3)23;1-12(2)8-6-4-5-7-9-13-10-19-20-21(13)11-14-15(22)16(23)17(24)18(25-3)26-14;1-12(2)5-8-15(10-11-20(17,18)19)9-7-14-6-4-13(3)16;1-12(2)4-7-14(9-11-21(17,18)19)8-5-13-6-10-20(3,15)16;1-4-10(8-11)7-5-6-9(2)3;/h9-13,16-23H,4-8H2,1-3H3;10,12,15-19,24-26H,4-9,11H2,1-3H3;10,12,14-18,22-24H,4-9,11H2,1-3H3;12,14H,4-11H2,1-3H3,(H,17,18,19);12-13H,3-11H2,1-2H3,(H,15,16)(H,17,18,19);9-11H,4-8H2,1-3H3;1H4. The molecule has 6 rings (SSSR count). The third kappa shape index (κ3) is 59.6. The Labute approximate surface area is 787 Å². The van der Waals surface area contributed by atoms with Gasteiger partial charge in [0.2, 0.25) is 6.29 Å². The highest BCUT2D eigenvalue weighted by Gasteiger charge is 2.47. The molecular weight excluding hydrogens is 1750 g/mol. The minimum atomic E-state index is -3.95. The minimum absolute atomic E-state index is 0. The number of hydrogen-bond acceptors (Lipinski definition) is 30. The lowest BCUT2D eigenvalue weighted by atomic mass is 9.93. The number of methoxy groups -OCH3 is 1. The van der Waals surface area contributed by atoms with Gasteiger partial charge in [0.25, 0.3) is 20.2 Å². The van der Waals surface area contributed by atoms with E-state index >= 15 is 0 Å². The molecule has 3 aromatic rings. The van der Waals surface area contributed by atoms with E-state index in [-0.39, 0.29) is 50.1 Å². The molecule has 3 aliphatic heterocycles. The molecule has 3 aliphatic rings. The SMILES string of the molecule is C.C=S(=O)(O)CCNCCN(CCC(C)C)CCS(=O)(=O)O.CC(=O)C1OC(Cn2nncc2CCCCCCC(C)C)C(O)C(O)C1O.CC(=O)CCNCCN(CCC(C)C)CCS(=O)(=O)O.CCC(CO)CCCC(C)C.CCC1OC(Oc2ccc(CCCCC(C)C)cc2)C(O)C(O)C1O.COC1OC(Cn2nncc2CCCCCCC(C)C)C(O)C(O)C1O. The number of rotatable bonds is 58. The highest BCUT2D eigenvalue weighted by atomic mass is 32.2. The molecule has 17 atom stereocenters. The summed E-state index contributed by atoms with van der Waals surface area (Å²) in [5.41, 5.74) is 3.15. The summed E-state index contributed by atoms with van der Waals surface area (Å²) < 4.78 is 112. The van der Waals surface area contributed by atoms with Crippen LogP contribution in [0.4, 0.5) is 0 Å². The molecule has 1 aromatic carbocycles. The molecule has 2 aromatic heterocycles. The normalized spacial score (nSPS) is 23.0. The number of Topliss-reactive ketones (excluding diaryl/α,β-unsaturated/α-hetero) is 2. The number of benzene rings is 1. The molecular formula is C93H180N10O25S3. The van der Waals surface area contributed by atoms with Crippen molar-refractivity contribution in [3.05, 3.63) is 53.6 Å². The summed E-state index contributed by atoms with van der Waals surface area (Å²) in [6.07, 6.45) is 12.6. The first-order valence-corrected chi connectivity index (χ1v) is 52.7. The van der Waals surface area contributed by atoms with Crippen molar-refractivity contribution in [2.24, 2.45) is 41.4 Å². The summed E-state index contributed by atoms with van der Waals surface area (Å²) in [6, 6.07) is 7.74. The van der Waals surface area contributed by atoms with Crippen LogP contribution in [0.25, 0.3) is 0 Å². The molecule has 0 saturated carbocycles. The minimum Gasteiger partial charge on any atom is -0.462 e. The number of aliphatic hydroxyl groups excluding tert-OH is 10. The summed E-state index contributed by atoms with van der Waals surface area (Å²) >= 11 is 0. The molecule has 0 radical (unpaired) electrons. The first kappa shape index (κ1) is 127. The quantitative estimate of drug-likeness (QED) is 0.0143. The topological polar surface area (TPSA) is 521 Å². The smallest absolute Gasteiger partial charge is 0.266 e. The second-order valence-electron chi connectivity index (χ2n) is 37.6. The summed E-state index contributed by atoms with van der Waals surface area (Å²) in [6.45, 7) is 39.8. The number of aliphatic hydroxyl groups is 10. The molecule has 131 heavy (non-hydrogen) atoms. The number of nitrogens with zero attached hydrogens (tertiary/aromatic N) is 8. The molecule has 770 valence electrons. The van der Waals surface area contributed by atoms with Crippen molar-refractivity contribution in [1.82, 2.24) is 50.4 Å². The first-order chi connectivity index (χ1) is 61.1. The molecule has 0 spiro atoms. The third-order valence-electron chi connectivity index (χ3n) is 22.9. The van der Waals surface area contributed by atoms with Gasteiger partial charge in [-0.1, -0.05) is 210 Å². The van der Waals surface area contributed by atoms with Crippen LogP contribution in [-0.2, 0) is 90.9 Å². The van der Waals surface area contributed by atoms with Crippen LogP contribution in [0.5, 0.6) is 5.75 Å². The zero-order valence-corrected chi connectivity index (χ0v) is 84.1. The van der Waals surface area contributed by atoms with Gasteiger partial charge in [0.05, 0.1) is 70.0 Å². The maximum Gasteiger partial charge on any atom is 0.266 e. The van der Waals surface area contributed by atoms with Gasteiger partial charge in [-0.05, 0) is 156 Å². The average Bonchev–Trinajstić information content (AvgIpc) is 1.74. The summed E-state index contributed by atoms with van der Waals surface area (Å²) in [5, 5.41) is 121. The Morgan fingerprint density at radius 2 is 0.870 bits per heavy atom. The highest BCUT2D eigenvalue weighted by molar-refractivity contribution is 7.95. The summed E-state index contributed by atoms with van der Waals surface area (Å²) in [4.78, 5) is 26.4. The van der Waals surface area contributed by atoms with Crippen molar-refractivity contribution in [2.75, 3.05) is 96.4 Å². The number of ketones is 2. The number of unbranched alkanes of at least 4 members (excludes halogenated alkanes) is 7. The van der Waals surface area contributed by atoms with Gasteiger partial charge in [-0.15, -0.1) is 10.2 Å². The second-order valence-corrected chi connectivity index (χ2v) is 42.7. The number of aryl methyl sites for hydroxylation is 3. The van der Waals surface area contributed by atoms with Gasteiger partial charge in [0.1, 0.15) is 84.8 Å². The van der Waals surface area contributed by atoms with Crippen LogP contribution >= 0.6 is 0 Å². The highest BCUT2D eigenvalue weighted by Crippen LogP contribution is 2.29. The van der Waals surface area contributed by atoms with E-state index in [1.165, 1.54) is 96.6 Å². The molecule has 0 amide bonds. The Bertz CT molecular complexity index is 3710. The Morgan fingerprint density at radius 3 is 1.27 bits per heavy atom. The largest absolute Gasteiger partial charge is 0.462 e. The van der Waals surface area contributed by atoms with Gasteiger partial charge >= 0.3 is 0 Å². The lowest BCUT2D eigenvalue weighted by Crippen LogP contribution is -2.60. The van der Waals surface area contributed by atoms with Gasteiger partial charge in [-0.25, -0.2) is 13.6 Å². The van der Waals surface area contributed by atoms with Crippen molar-refractivity contribution in [3.8, 4) is 5.75 Å². The Balaban J connectivity index is 0.00000157. The molecule has 5 heterocycles. The lowest BCUT2D eigenvalue weighted by Gasteiger charge is -2.40. The maximum atomic E-state index is 11.6. The molecule has 38 heteroatoms. The van der Waals surface area contributed by atoms with Crippen LogP contribution in [0.3, 0.4) is 0 Å². The fraction of sp³-hybridized carbons (Fsp3) is 0.860. The average molecular weight is 1930 g/mol. The molecule has 3 fully saturated rings. The van der Waals surface area contributed by atoms with E-state index in [2.05, 4.69) is 127 Å². The van der Waals surface area contributed by atoms with Crippen molar-refractivity contribution >= 4 is 47.5 Å². The van der Waals surface area contributed by atoms with Crippen LogP contribution in [0.1, 0.15) is 270 Å². The van der Waals surface area contributed by atoms with Crippen molar-refractivity contribution in [3.63, 3.8) is 0 Å². The van der Waals surface area contributed by atoms with E-state index in [1.807, 2.05) is 41.0 Å². The van der Waals surface area contributed by atoms with Crippen molar-refractivity contribution in [2.45, 2.75) is 377 Å². The van der Waals surface area contributed by atoms with Crippen molar-refractivity contribution in [1.29, 1.82) is 0 Å². The number of carbonyl (C=O) groups excluding carboxylic acids is 2. The number of aromatic nitrogens is 6. The predicted octanol–water partition coefficient (Wildman–Crippen LogP) is 8.66. The lowest BCUT2D eigenvalue weighted by molar-refractivity contribution is -0.292. The fourth-order valence-corrected chi connectivity index (χ4v) is 15.8. The number of carbonyl (C=O) groups is 2. The van der Waals surface area contributed by atoms with Crippen LogP contribution < -0.4 is 15.4 Å². The number of nitrogens with one attached hydrogen (secondary N) is 2. The Kier molecular flexibility index (Phi) is 68.1. The first-order valence-electron chi connectivity index (χ1n) is 47.6. The zero-order valence-electron chi connectivity index (χ0n) is 81.7. The number of hydrogen-bond donors (Lipinski definition) is 15. The molecule has 0 aliphatic carbocycles. The van der Waals surface area contributed by atoms with Crippen LogP contribution in [0.15, 0.2) is 36.7 Å². The second kappa shape index (κ2) is 70.4. The summed E-state index contributed by atoms with van der Waals surface area (Å²) in [7, 11) is -9.44. The van der Waals surface area contributed by atoms with Crippen LogP contribution in [0.2, 0.25) is 0 Å². The summed E-state index contributed by atoms with van der Waals surface area (Å²) in [5.74, 6) is 7.72. The van der Waals surface area contributed by atoms with Gasteiger partial charge in [0.15, 0.2) is 12.1 Å². The fourth-order valence-electron chi connectivity index (χ4n) is 14.3. The molecule has 0 bridgehead atoms. The molecule has 17 unspecified atom stereocenters. The van der Waals surface area contributed by atoms with Gasteiger partial charge in [0, 0.05) is 72.5 Å². The molecule has 15 N–H and O–H groups in total. The Hall–Kier alpha value is -4.28. The van der Waals surface area contributed by atoms with Crippen LogP contribution in [0, 0.1) is 41.4 Å². The van der Waals surface area contributed by atoms with E-state index < -0.39 is 128 Å². The monoisotopic (exact) mass is 1930 g/mol. The Morgan fingerprint density at radius 1 is 0.473 bits per heavy atom. The molecule has 3 saturated heterocycles. The molecule has 35 nitrogen and oxygen atoms in total. The van der Waals surface area contributed by atoms with Gasteiger partial charge in [-0.3, -0.25) is 18.7 Å². The maximum absolute atomic E-state index is 11.6. The van der Waals surface area contributed by atoms with E-state index in [9.17, 15) is 76.6 Å². The van der Waals surface area contributed by atoms with Crippen molar-refractivity contribution < 1.29 is 119 Å². The predicted molar refractivity (Wildman–Crippen MR) is 515 cm³/mol. The van der Waals surface area contributed by atoms with Gasteiger partial charge in [-0.2, -0.15) is 16.8 Å². The van der Waals surface area contributed by atoms with E-state index in [0.717, 1.165) is 112 Å². The number of ether oxygens (including phenoxy) is 5. The van der Waals surface area contributed by atoms with Gasteiger partial charge < -0.3 is 99.7 Å². The van der Waals surface area contributed by atoms with E-state index in [1.54, 1.807) is 28.7 Å². The van der Waals surface area contributed by atoms with E-state index in [4.69, 9.17) is 42.4 Å². The van der Waals surface area contributed by atoms with Crippen LogP contribution in [-0.4, -0.2) is 331 Å².